The predicted octanol–water partition coefficient (Wildman–Crippen LogP) is 1.93. The highest BCUT2D eigenvalue weighted by atomic mass is 15.2. The Morgan fingerprint density at radius 2 is 2.00 bits per heavy atom. The molecule has 0 radical (unpaired) electrons. The number of nitrogens with zero attached hydrogens (tertiary/aromatic N) is 2. The van der Waals surface area contributed by atoms with Gasteiger partial charge in [0.1, 0.15) is 11.6 Å². The van der Waals surface area contributed by atoms with Gasteiger partial charge in [-0.05, 0) is 19.8 Å². The lowest BCUT2D eigenvalue weighted by molar-refractivity contribution is 0.588. The van der Waals surface area contributed by atoms with Gasteiger partial charge in [0.05, 0.1) is 0 Å². The van der Waals surface area contributed by atoms with E-state index in [4.69, 9.17) is 5.73 Å². The second kappa shape index (κ2) is 4.35. The molecule has 0 aliphatic rings. The van der Waals surface area contributed by atoms with E-state index >= 15 is 0 Å². The van der Waals surface area contributed by atoms with Crippen molar-refractivity contribution in [3.05, 3.63) is 5.82 Å². The molecule has 0 aromatic carbocycles. The Morgan fingerprint density at radius 3 is 2.36 bits per heavy atom. The van der Waals surface area contributed by atoms with Gasteiger partial charge < -0.3 is 15.6 Å². The molecule has 14 heavy (non-hydrogen) atoms. The molecule has 0 spiro atoms. The molecule has 0 amide bonds. The number of rotatable bonds is 4. The highest BCUT2D eigenvalue weighted by molar-refractivity contribution is 5.59. The number of hydrogen-bond acceptors (Lipinski definition) is 3. The van der Waals surface area contributed by atoms with Gasteiger partial charge in [-0.2, -0.15) is 0 Å². The first-order chi connectivity index (χ1) is 6.60. The van der Waals surface area contributed by atoms with Crippen molar-refractivity contribution >= 4 is 11.6 Å². The van der Waals surface area contributed by atoms with E-state index in [-0.39, 0.29) is 0 Å². The minimum Gasteiger partial charge on any atom is -0.382 e. The SMILES string of the molecule is CCC(CC)N(C)c1nc(C)[nH]c1N. The van der Waals surface area contributed by atoms with Crippen LogP contribution in [0.5, 0.6) is 0 Å². The van der Waals surface area contributed by atoms with Crippen LogP contribution >= 0.6 is 0 Å². The topological polar surface area (TPSA) is 57.9 Å². The number of aryl methyl sites for hydroxylation is 1. The summed E-state index contributed by atoms with van der Waals surface area (Å²) in [4.78, 5) is 9.54. The number of imidazole rings is 1. The zero-order valence-corrected chi connectivity index (χ0v) is 9.46. The lowest BCUT2D eigenvalue weighted by atomic mass is 10.1. The van der Waals surface area contributed by atoms with Crippen molar-refractivity contribution < 1.29 is 0 Å². The second-order valence-electron chi connectivity index (χ2n) is 3.64. The van der Waals surface area contributed by atoms with Gasteiger partial charge in [-0.3, -0.25) is 0 Å². The van der Waals surface area contributed by atoms with E-state index in [1.807, 2.05) is 14.0 Å². The van der Waals surface area contributed by atoms with E-state index in [0.717, 1.165) is 24.5 Å². The van der Waals surface area contributed by atoms with Gasteiger partial charge >= 0.3 is 0 Å². The molecule has 1 heterocycles. The first-order valence-corrected chi connectivity index (χ1v) is 5.15. The maximum absolute atomic E-state index is 5.83. The van der Waals surface area contributed by atoms with Gasteiger partial charge in [0, 0.05) is 13.1 Å². The van der Waals surface area contributed by atoms with Crippen LogP contribution in [0.25, 0.3) is 0 Å². The van der Waals surface area contributed by atoms with Crippen LogP contribution < -0.4 is 10.6 Å². The molecular formula is C10H20N4. The second-order valence-corrected chi connectivity index (χ2v) is 3.64. The van der Waals surface area contributed by atoms with Gasteiger partial charge in [0.25, 0.3) is 0 Å². The maximum Gasteiger partial charge on any atom is 0.171 e. The molecule has 0 unspecified atom stereocenters. The molecule has 0 saturated carbocycles. The van der Waals surface area contributed by atoms with Gasteiger partial charge in [0.2, 0.25) is 0 Å². The molecule has 0 saturated heterocycles. The third-order valence-corrected chi connectivity index (χ3v) is 2.65. The normalized spacial score (nSPS) is 10.9. The van der Waals surface area contributed by atoms with Crippen LogP contribution in [0.3, 0.4) is 0 Å². The number of anilines is 2. The quantitative estimate of drug-likeness (QED) is 0.773. The van der Waals surface area contributed by atoms with E-state index in [1.54, 1.807) is 0 Å². The van der Waals surface area contributed by atoms with Gasteiger partial charge in [0.15, 0.2) is 5.82 Å². The molecule has 0 bridgehead atoms. The molecule has 4 nitrogen and oxygen atoms in total. The number of nitrogens with one attached hydrogen (secondary N) is 1. The summed E-state index contributed by atoms with van der Waals surface area (Å²) in [5.74, 6) is 2.41. The van der Waals surface area contributed by atoms with Crippen LogP contribution in [0, 0.1) is 6.92 Å². The Morgan fingerprint density at radius 1 is 1.43 bits per heavy atom. The molecule has 0 atom stereocenters. The fourth-order valence-corrected chi connectivity index (χ4v) is 1.78. The zero-order chi connectivity index (χ0) is 10.7. The van der Waals surface area contributed by atoms with Gasteiger partial charge in [-0.15, -0.1) is 0 Å². The van der Waals surface area contributed by atoms with E-state index in [0.29, 0.717) is 11.9 Å². The van der Waals surface area contributed by atoms with Gasteiger partial charge in [-0.1, -0.05) is 13.8 Å². The number of hydrogen-bond donors (Lipinski definition) is 2. The Kier molecular flexibility index (Phi) is 3.38. The lowest BCUT2D eigenvalue weighted by Crippen LogP contribution is -2.31. The summed E-state index contributed by atoms with van der Waals surface area (Å²) >= 11 is 0. The molecule has 1 aromatic heterocycles. The van der Waals surface area contributed by atoms with E-state index in [9.17, 15) is 0 Å². The molecule has 0 fully saturated rings. The minimum absolute atomic E-state index is 0.514. The number of H-pyrrole nitrogens is 1. The third kappa shape index (κ3) is 2.00. The fourth-order valence-electron chi connectivity index (χ4n) is 1.78. The smallest absolute Gasteiger partial charge is 0.171 e. The Balaban J connectivity index is 2.87. The van der Waals surface area contributed by atoms with Crippen LogP contribution in [0.15, 0.2) is 0 Å². The largest absolute Gasteiger partial charge is 0.382 e. The molecule has 0 aliphatic heterocycles. The first-order valence-electron chi connectivity index (χ1n) is 5.15. The van der Waals surface area contributed by atoms with Crippen LogP contribution in [0.4, 0.5) is 11.6 Å². The molecule has 0 aliphatic carbocycles. The molecule has 80 valence electrons. The Hall–Kier alpha value is -1.19. The maximum atomic E-state index is 5.83. The van der Waals surface area contributed by atoms with Gasteiger partial charge in [-0.25, -0.2) is 4.98 Å². The van der Waals surface area contributed by atoms with Crippen molar-refractivity contribution in [1.29, 1.82) is 0 Å². The standard InChI is InChI=1S/C10H20N4/c1-5-8(6-2)14(4)10-9(11)12-7(3)13-10/h8H,5-6,11H2,1-4H3,(H,12,13). The average molecular weight is 196 g/mol. The van der Waals surface area contributed by atoms with Crippen molar-refractivity contribution in [3.63, 3.8) is 0 Å². The number of nitrogens with two attached hydrogens (primary N) is 1. The Bertz CT molecular complexity index is 288. The highest BCUT2D eigenvalue weighted by Crippen LogP contribution is 2.22. The van der Waals surface area contributed by atoms with Crippen molar-refractivity contribution in [2.24, 2.45) is 0 Å². The summed E-state index contributed by atoms with van der Waals surface area (Å²) in [7, 11) is 2.05. The molecular weight excluding hydrogens is 176 g/mol. The highest BCUT2D eigenvalue weighted by Gasteiger charge is 2.16. The van der Waals surface area contributed by atoms with E-state index < -0.39 is 0 Å². The number of nitrogen functional groups attached to an aromatic ring is 1. The number of aromatic nitrogens is 2. The Labute approximate surface area is 85.5 Å². The zero-order valence-electron chi connectivity index (χ0n) is 9.46. The summed E-state index contributed by atoms with van der Waals surface area (Å²) in [5, 5.41) is 0. The fraction of sp³-hybridized carbons (Fsp3) is 0.700. The van der Waals surface area contributed by atoms with Crippen LogP contribution in [0.2, 0.25) is 0 Å². The first kappa shape index (κ1) is 10.9. The van der Waals surface area contributed by atoms with Crippen LogP contribution in [0.1, 0.15) is 32.5 Å². The van der Waals surface area contributed by atoms with Crippen molar-refractivity contribution in [2.45, 2.75) is 39.7 Å². The lowest BCUT2D eigenvalue weighted by Gasteiger charge is -2.26. The molecule has 4 heteroatoms. The molecule has 1 aromatic rings. The summed E-state index contributed by atoms with van der Waals surface area (Å²) in [5.41, 5.74) is 5.83. The summed E-state index contributed by atoms with van der Waals surface area (Å²) in [6, 6.07) is 0.514. The average Bonchev–Trinajstić information content (AvgIpc) is 2.47. The van der Waals surface area contributed by atoms with Crippen molar-refractivity contribution in [2.75, 3.05) is 17.7 Å². The number of aromatic amines is 1. The van der Waals surface area contributed by atoms with Crippen molar-refractivity contribution in [1.82, 2.24) is 9.97 Å². The summed E-state index contributed by atoms with van der Waals surface area (Å²) < 4.78 is 0. The van der Waals surface area contributed by atoms with E-state index in [2.05, 4.69) is 28.7 Å². The molecule has 3 N–H and O–H groups in total. The summed E-state index contributed by atoms with van der Waals surface area (Å²) in [6.07, 6.45) is 2.22. The third-order valence-electron chi connectivity index (χ3n) is 2.65. The van der Waals surface area contributed by atoms with E-state index in [1.165, 1.54) is 0 Å². The van der Waals surface area contributed by atoms with Crippen LogP contribution in [-0.2, 0) is 0 Å². The van der Waals surface area contributed by atoms with Crippen LogP contribution in [-0.4, -0.2) is 23.1 Å². The minimum atomic E-state index is 0.514. The van der Waals surface area contributed by atoms with Crippen molar-refractivity contribution in [3.8, 4) is 0 Å². The molecule has 1 rings (SSSR count). The monoisotopic (exact) mass is 196 g/mol. The predicted molar refractivity (Wildman–Crippen MR) is 60.5 cm³/mol. The summed E-state index contributed by atoms with van der Waals surface area (Å²) in [6.45, 7) is 6.28.